The van der Waals surface area contributed by atoms with Crippen molar-refractivity contribution in [2.45, 2.75) is 71.6 Å². The van der Waals surface area contributed by atoms with Gasteiger partial charge in [-0.3, -0.25) is 4.79 Å². The number of allylic oxidation sites excluding steroid dienone is 1. The van der Waals surface area contributed by atoms with Crippen molar-refractivity contribution in [1.82, 2.24) is 0 Å². The third kappa shape index (κ3) is 7.19. The molecule has 0 aliphatic carbocycles. The zero-order valence-corrected chi connectivity index (χ0v) is 25.9. The Balaban J connectivity index is 1.68. The van der Waals surface area contributed by atoms with Gasteiger partial charge in [0, 0.05) is 37.1 Å². The minimum Gasteiger partial charge on any atom is -0.496 e. The van der Waals surface area contributed by atoms with Crippen LogP contribution in [-0.4, -0.2) is 38.0 Å². The van der Waals surface area contributed by atoms with E-state index in [1.165, 1.54) is 12.1 Å². The number of aryl methyl sites for hydroxylation is 2. The van der Waals surface area contributed by atoms with Gasteiger partial charge in [0.1, 0.15) is 35.7 Å². The van der Waals surface area contributed by atoms with E-state index >= 15 is 0 Å². The molecule has 43 heavy (non-hydrogen) atoms. The molecule has 1 amide bonds. The highest BCUT2D eigenvalue weighted by Crippen LogP contribution is 2.44. The predicted molar refractivity (Wildman–Crippen MR) is 168 cm³/mol. The van der Waals surface area contributed by atoms with Crippen LogP contribution in [0.4, 0.5) is 15.8 Å². The molecule has 0 saturated carbocycles. The molecule has 3 aromatic rings. The molecule has 228 valence electrons. The number of aldehydes is 1. The lowest BCUT2D eigenvalue weighted by Gasteiger charge is -2.39. The SMILES string of the molecule is C=C(CCC=O)OC(C)CCc1ccc(-c2ccc3c(c2COc2cc(F)ccc2C)N(C)C(=O)C(C)(C)N3)c(OC)c1. The molecule has 8 heteroatoms. The number of methoxy groups -OCH3 is 1. The topological polar surface area (TPSA) is 77.1 Å². The number of anilines is 2. The normalized spacial score (nSPS) is 14.4. The van der Waals surface area contributed by atoms with Gasteiger partial charge in [-0.25, -0.2) is 4.39 Å². The smallest absolute Gasteiger partial charge is 0.251 e. The summed E-state index contributed by atoms with van der Waals surface area (Å²) in [4.78, 5) is 25.6. The average molecular weight is 589 g/mol. The molecule has 0 spiro atoms. The summed E-state index contributed by atoms with van der Waals surface area (Å²) in [6, 6.07) is 14.5. The molecular formula is C35H41FN2O5. The van der Waals surface area contributed by atoms with Crippen LogP contribution in [0.5, 0.6) is 11.5 Å². The highest BCUT2D eigenvalue weighted by Gasteiger charge is 2.38. The molecule has 0 radical (unpaired) electrons. The number of ether oxygens (including phenoxy) is 3. The summed E-state index contributed by atoms with van der Waals surface area (Å²) < 4.78 is 32.0. The lowest BCUT2D eigenvalue weighted by molar-refractivity contribution is -0.121. The summed E-state index contributed by atoms with van der Waals surface area (Å²) in [5.41, 5.74) is 5.11. The van der Waals surface area contributed by atoms with Gasteiger partial charge in [0.2, 0.25) is 0 Å². The van der Waals surface area contributed by atoms with Crippen LogP contribution in [0.25, 0.3) is 11.1 Å². The number of nitrogens with one attached hydrogen (secondary N) is 1. The molecule has 1 N–H and O–H groups in total. The quantitative estimate of drug-likeness (QED) is 0.166. The molecule has 1 aliphatic rings. The molecule has 0 aromatic heterocycles. The molecule has 1 unspecified atom stereocenters. The maximum absolute atomic E-state index is 14.1. The van der Waals surface area contributed by atoms with Crippen LogP contribution < -0.4 is 19.7 Å². The largest absolute Gasteiger partial charge is 0.496 e. The highest BCUT2D eigenvalue weighted by molar-refractivity contribution is 6.08. The summed E-state index contributed by atoms with van der Waals surface area (Å²) >= 11 is 0. The van der Waals surface area contributed by atoms with Crippen LogP contribution in [0.2, 0.25) is 0 Å². The fraction of sp³-hybridized carbons (Fsp3) is 0.371. The number of nitrogens with zero attached hydrogens (tertiary/aromatic N) is 1. The average Bonchev–Trinajstić information content (AvgIpc) is 2.97. The van der Waals surface area contributed by atoms with Gasteiger partial charge >= 0.3 is 0 Å². The number of hydrogen-bond donors (Lipinski definition) is 1. The molecule has 4 rings (SSSR count). The third-order valence-corrected chi connectivity index (χ3v) is 7.73. The first-order chi connectivity index (χ1) is 20.4. The zero-order chi connectivity index (χ0) is 31.3. The Morgan fingerprint density at radius 3 is 2.58 bits per heavy atom. The summed E-state index contributed by atoms with van der Waals surface area (Å²) in [6.07, 6.45) is 3.26. The van der Waals surface area contributed by atoms with Gasteiger partial charge < -0.3 is 29.2 Å². The lowest BCUT2D eigenvalue weighted by Crippen LogP contribution is -2.52. The van der Waals surface area contributed by atoms with Gasteiger partial charge in [0.05, 0.1) is 30.3 Å². The summed E-state index contributed by atoms with van der Waals surface area (Å²) in [5, 5.41) is 3.37. The number of carbonyl (C=O) groups excluding carboxylic acids is 2. The second-order valence-corrected chi connectivity index (χ2v) is 11.5. The minimum absolute atomic E-state index is 0.0506. The van der Waals surface area contributed by atoms with E-state index in [0.29, 0.717) is 35.8 Å². The molecule has 0 saturated heterocycles. The first kappa shape index (κ1) is 31.6. The Morgan fingerprint density at radius 1 is 1.12 bits per heavy atom. The number of fused-ring (bicyclic) bond motifs is 1. The fourth-order valence-electron chi connectivity index (χ4n) is 5.41. The van der Waals surface area contributed by atoms with Crippen molar-refractivity contribution >= 4 is 23.6 Å². The molecule has 0 bridgehead atoms. The summed E-state index contributed by atoms with van der Waals surface area (Å²) in [6.45, 7) is 11.6. The van der Waals surface area contributed by atoms with E-state index < -0.39 is 5.54 Å². The number of amides is 1. The van der Waals surface area contributed by atoms with Crippen LogP contribution in [0.1, 0.15) is 56.7 Å². The molecule has 1 aliphatic heterocycles. The molecule has 3 aromatic carbocycles. The van der Waals surface area contributed by atoms with Gasteiger partial charge in [-0.05, 0) is 75.4 Å². The second-order valence-electron chi connectivity index (χ2n) is 11.5. The minimum atomic E-state index is -0.776. The van der Waals surface area contributed by atoms with Crippen molar-refractivity contribution in [2.24, 2.45) is 0 Å². The number of benzene rings is 3. The van der Waals surface area contributed by atoms with E-state index in [2.05, 4.69) is 18.0 Å². The maximum Gasteiger partial charge on any atom is 0.251 e. The molecule has 1 atom stereocenters. The van der Waals surface area contributed by atoms with Gasteiger partial charge in [-0.2, -0.15) is 0 Å². The lowest BCUT2D eigenvalue weighted by atomic mass is 9.91. The van der Waals surface area contributed by atoms with Crippen LogP contribution in [0.3, 0.4) is 0 Å². The van der Waals surface area contributed by atoms with Crippen molar-refractivity contribution in [3.05, 3.63) is 83.4 Å². The standard InChI is InChI=1S/C35H41FN2O5/c1-22-10-14-26(36)20-31(22)42-21-29-27(16-17-30-33(29)38(6)34(40)35(4,5)37-30)28-15-13-25(19-32(28)41-7)12-11-24(3)43-23(2)9-8-18-39/h10,13-20,24,37H,2,8-9,11-12,21H2,1,3-7H3. The highest BCUT2D eigenvalue weighted by atomic mass is 19.1. The Bertz CT molecular complexity index is 1520. The number of carbonyl (C=O) groups is 2. The van der Waals surface area contributed by atoms with E-state index in [4.69, 9.17) is 14.2 Å². The van der Waals surface area contributed by atoms with Crippen LogP contribution >= 0.6 is 0 Å². The molecule has 7 nitrogen and oxygen atoms in total. The second kappa shape index (κ2) is 13.3. The first-order valence-electron chi connectivity index (χ1n) is 14.5. The van der Waals surface area contributed by atoms with Crippen LogP contribution in [0.15, 0.2) is 60.9 Å². The van der Waals surface area contributed by atoms with Crippen molar-refractivity contribution in [3.8, 4) is 22.6 Å². The van der Waals surface area contributed by atoms with Crippen molar-refractivity contribution in [1.29, 1.82) is 0 Å². The van der Waals surface area contributed by atoms with Gasteiger partial charge in [-0.15, -0.1) is 0 Å². The predicted octanol–water partition coefficient (Wildman–Crippen LogP) is 7.39. The van der Waals surface area contributed by atoms with Crippen LogP contribution in [0, 0.1) is 12.7 Å². The summed E-state index contributed by atoms with van der Waals surface area (Å²) in [7, 11) is 3.40. The van der Waals surface area contributed by atoms with Gasteiger partial charge in [0.25, 0.3) is 5.91 Å². The molecule has 0 fully saturated rings. The molecular weight excluding hydrogens is 547 g/mol. The number of hydrogen-bond acceptors (Lipinski definition) is 6. The van der Waals surface area contributed by atoms with Gasteiger partial charge in [0.15, 0.2) is 0 Å². The fourth-order valence-corrected chi connectivity index (χ4v) is 5.41. The van der Waals surface area contributed by atoms with Crippen molar-refractivity contribution < 1.29 is 28.2 Å². The first-order valence-corrected chi connectivity index (χ1v) is 14.5. The zero-order valence-electron chi connectivity index (χ0n) is 25.9. The van der Waals surface area contributed by atoms with E-state index in [1.54, 1.807) is 25.1 Å². The van der Waals surface area contributed by atoms with Crippen LogP contribution in [-0.2, 0) is 27.4 Å². The Kier molecular flexibility index (Phi) is 9.79. The Morgan fingerprint density at radius 2 is 1.86 bits per heavy atom. The van der Waals surface area contributed by atoms with Crippen molar-refractivity contribution in [3.63, 3.8) is 0 Å². The van der Waals surface area contributed by atoms with Gasteiger partial charge in [-0.1, -0.05) is 30.8 Å². The Labute approximate surface area is 253 Å². The summed E-state index contributed by atoms with van der Waals surface area (Å²) in [5.74, 6) is 1.28. The third-order valence-electron chi connectivity index (χ3n) is 7.73. The number of likely N-dealkylation sites (N-methyl/N-ethyl adjacent to an activating group) is 1. The molecule has 1 heterocycles. The number of halogens is 1. The Hall–Kier alpha value is -4.33. The van der Waals surface area contributed by atoms with E-state index in [9.17, 15) is 14.0 Å². The van der Waals surface area contributed by atoms with E-state index in [1.807, 2.05) is 52.0 Å². The van der Waals surface area contributed by atoms with E-state index in [0.717, 1.165) is 52.6 Å². The van der Waals surface area contributed by atoms with E-state index in [-0.39, 0.29) is 24.4 Å². The maximum atomic E-state index is 14.1. The monoisotopic (exact) mass is 588 g/mol. The number of rotatable bonds is 13. The van der Waals surface area contributed by atoms with Crippen molar-refractivity contribution in [2.75, 3.05) is 24.4 Å².